The predicted octanol–water partition coefficient (Wildman–Crippen LogP) is 0.413. The lowest BCUT2D eigenvalue weighted by Gasteiger charge is -2.10. The van der Waals surface area contributed by atoms with Crippen molar-refractivity contribution in [2.75, 3.05) is 5.32 Å². The Morgan fingerprint density at radius 1 is 1.38 bits per heavy atom. The highest BCUT2D eigenvalue weighted by Gasteiger charge is 2.16. The molecule has 0 saturated heterocycles. The van der Waals surface area contributed by atoms with E-state index in [1.165, 1.54) is 0 Å². The molecule has 0 atom stereocenters. The zero-order chi connectivity index (χ0) is 17.5. The van der Waals surface area contributed by atoms with Crippen LogP contribution in [0.15, 0.2) is 52.7 Å². The van der Waals surface area contributed by atoms with Crippen LogP contribution in [0.5, 0.6) is 0 Å². The largest absolute Gasteiger partial charge is 0.392 e. The normalized spacial score (nSPS) is 12.1. The van der Waals surface area contributed by atoms with E-state index in [0.29, 0.717) is 28.2 Å². The van der Waals surface area contributed by atoms with Gasteiger partial charge in [-0.3, -0.25) is 4.79 Å². The third kappa shape index (κ3) is 4.27. The summed E-state index contributed by atoms with van der Waals surface area (Å²) in [6.45, 7) is 1.44. The summed E-state index contributed by atoms with van der Waals surface area (Å²) in [5, 5.41) is 15.3. The van der Waals surface area contributed by atoms with Crippen LogP contribution in [0.4, 0.5) is 11.5 Å². The monoisotopic (exact) mass is 321 g/mol. The van der Waals surface area contributed by atoms with Gasteiger partial charge in [0.25, 0.3) is 5.91 Å². The smallest absolute Gasteiger partial charge is 0.277 e. The second-order valence-electron chi connectivity index (χ2n) is 4.89. The maximum atomic E-state index is 12.3. The Balaban J connectivity index is 2.17. The van der Waals surface area contributed by atoms with Crippen LogP contribution in [-0.2, 0) is 11.4 Å². The van der Waals surface area contributed by atoms with Crippen molar-refractivity contribution in [2.24, 2.45) is 15.9 Å². The van der Waals surface area contributed by atoms with E-state index in [0.717, 1.165) is 0 Å². The molecule has 2 aromatic rings. The van der Waals surface area contributed by atoms with Crippen molar-refractivity contribution in [3.63, 3.8) is 0 Å². The molecule has 1 amide bonds. The molecule has 2 rings (SSSR count). The van der Waals surface area contributed by atoms with Crippen molar-refractivity contribution in [3.05, 3.63) is 48.2 Å². The number of carbonyl (C=O) groups excluding carboxylic acids is 1. The number of hydrogen-bond donors (Lipinski definition) is 3. The molecule has 0 aliphatic rings. The zero-order valence-corrected chi connectivity index (χ0v) is 13.1. The maximum absolute atomic E-state index is 12.3. The lowest BCUT2D eigenvalue weighted by atomic mass is 9.90. The molecule has 120 valence electrons. The van der Waals surface area contributed by atoms with Gasteiger partial charge >= 0.3 is 0 Å². The first-order valence-corrected chi connectivity index (χ1v) is 7.10. The topological polar surface area (TPSA) is 113 Å². The van der Waals surface area contributed by atoms with Gasteiger partial charge in [0.1, 0.15) is 7.85 Å². The number of amides is 1. The first kappa shape index (κ1) is 17.4. The van der Waals surface area contributed by atoms with Gasteiger partial charge in [0.05, 0.1) is 12.3 Å². The van der Waals surface area contributed by atoms with Crippen molar-refractivity contribution in [1.82, 2.24) is 4.98 Å². The SMILES string of the molecule is [B]c1cc(NC(=O)C(=N/N)/C(C)=N/c2ccccn2)ccc1CO. The Kier molecular flexibility index (Phi) is 5.81. The van der Waals surface area contributed by atoms with Crippen LogP contribution in [0, 0.1) is 0 Å². The molecule has 7 nitrogen and oxygen atoms in total. The number of rotatable bonds is 5. The molecule has 1 aromatic carbocycles. The number of aliphatic hydroxyl groups excluding tert-OH is 1. The van der Waals surface area contributed by atoms with Gasteiger partial charge in [0, 0.05) is 11.9 Å². The number of anilines is 1. The number of aliphatic hydroxyl groups is 1. The van der Waals surface area contributed by atoms with Crippen LogP contribution in [-0.4, -0.2) is 35.3 Å². The average Bonchev–Trinajstić information content (AvgIpc) is 2.56. The third-order valence-electron chi connectivity index (χ3n) is 3.19. The van der Waals surface area contributed by atoms with E-state index in [9.17, 15) is 4.79 Å². The average molecular weight is 321 g/mol. The highest BCUT2D eigenvalue weighted by molar-refractivity contribution is 6.68. The molecular formula is C16H16BN5O2. The van der Waals surface area contributed by atoms with E-state index >= 15 is 0 Å². The summed E-state index contributed by atoms with van der Waals surface area (Å²) >= 11 is 0. The number of hydrazone groups is 1. The minimum absolute atomic E-state index is 0.0227. The van der Waals surface area contributed by atoms with Gasteiger partial charge in [0.2, 0.25) is 0 Å². The van der Waals surface area contributed by atoms with Crippen LogP contribution >= 0.6 is 0 Å². The van der Waals surface area contributed by atoms with Gasteiger partial charge in [-0.2, -0.15) is 5.10 Å². The molecule has 0 aliphatic heterocycles. The number of nitrogens with zero attached hydrogens (tertiary/aromatic N) is 3. The molecule has 0 unspecified atom stereocenters. The molecule has 4 N–H and O–H groups in total. The molecule has 2 radical (unpaired) electrons. The number of carbonyl (C=O) groups is 1. The van der Waals surface area contributed by atoms with Crippen LogP contribution in [0.1, 0.15) is 12.5 Å². The fourth-order valence-corrected chi connectivity index (χ4v) is 1.97. The van der Waals surface area contributed by atoms with Gasteiger partial charge < -0.3 is 16.3 Å². The summed E-state index contributed by atoms with van der Waals surface area (Å²) in [6, 6.07) is 10.0. The van der Waals surface area contributed by atoms with E-state index in [1.54, 1.807) is 49.5 Å². The van der Waals surface area contributed by atoms with Crippen molar-refractivity contribution >= 4 is 42.1 Å². The number of nitrogens with one attached hydrogen (secondary N) is 1. The van der Waals surface area contributed by atoms with E-state index in [4.69, 9.17) is 18.8 Å². The summed E-state index contributed by atoms with van der Waals surface area (Å²) < 4.78 is 0. The van der Waals surface area contributed by atoms with Crippen molar-refractivity contribution < 1.29 is 9.90 Å². The Morgan fingerprint density at radius 3 is 2.75 bits per heavy atom. The number of aromatic nitrogens is 1. The second kappa shape index (κ2) is 8.03. The molecule has 8 heteroatoms. The first-order chi connectivity index (χ1) is 11.5. The molecule has 24 heavy (non-hydrogen) atoms. The summed E-state index contributed by atoms with van der Waals surface area (Å²) in [5.41, 5.74) is 1.72. The standard InChI is InChI=1S/C16H16BN5O2/c1-10(20-14-4-2-3-7-19-14)15(22-18)16(24)21-12-6-5-11(9-23)13(17)8-12/h2-8,23H,9,18H2,1H3,(H,21,24)/b20-10+,22-15+. The number of pyridine rings is 1. The highest BCUT2D eigenvalue weighted by atomic mass is 16.3. The zero-order valence-electron chi connectivity index (χ0n) is 13.1. The maximum Gasteiger partial charge on any atom is 0.277 e. The van der Waals surface area contributed by atoms with E-state index in [2.05, 4.69) is 20.4 Å². The molecule has 0 aliphatic carbocycles. The summed E-state index contributed by atoms with van der Waals surface area (Å²) in [7, 11) is 5.78. The number of benzene rings is 1. The van der Waals surface area contributed by atoms with E-state index in [1.807, 2.05) is 0 Å². The number of aliphatic imine (C=N–C) groups is 1. The molecular weight excluding hydrogens is 305 g/mol. The summed E-state index contributed by atoms with van der Waals surface area (Å²) in [6.07, 6.45) is 1.59. The molecule has 0 bridgehead atoms. The minimum Gasteiger partial charge on any atom is -0.392 e. The fraction of sp³-hybridized carbons (Fsp3) is 0.125. The van der Waals surface area contributed by atoms with Gasteiger partial charge in [-0.05, 0) is 36.8 Å². The molecule has 0 saturated carbocycles. The van der Waals surface area contributed by atoms with Gasteiger partial charge in [-0.15, -0.1) is 0 Å². The predicted molar refractivity (Wildman–Crippen MR) is 95.0 cm³/mol. The van der Waals surface area contributed by atoms with Crippen molar-refractivity contribution in [3.8, 4) is 0 Å². The van der Waals surface area contributed by atoms with Crippen LogP contribution in [0.3, 0.4) is 0 Å². The minimum atomic E-state index is -0.522. The highest BCUT2D eigenvalue weighted by Crippen LogP contribution is 2.09. The Bertz CT molecular complexity index is 790. The van der Waals surface area contributed by atoms with Gasteiger partial charge in [0.15, 0.2) is 11.5 Å². The number of nitrogens with two attached hydrogens (primary N) is 1. The fourth-order valence-electron chi connectivity index (χ4n) is 1.97. The molecule has 0 fully saturated rings. The van der Waals surface area contributed by atoms with Gasteiger partial charge in [-0.25, -0.2) is 9.98 Å². The first-order valence-electron chi connectivity index (χ1n) is 7.10. The molecule has 1 aromatic heterocycles. The summed E-state index contributed by atoms with van der Waals surface area (Å²) in [5.74, 6) is 5.25. The Labute approximate surface area is 140 Å². The lowest BCUT2D eigenvalue weighted by Crippen LogP contribution is -2.30. The van der Waals surface area contributed by atoms with Crippen LogP contribution < -0.4 is 16.6 Å². The molecule has 1 heterocycles. The van der Waals surface area contributed by atoms with E-state index < -0.39 is 5.91 Å². The lowest BCUT2D eigenvalue weighted by molar-refractivity contribution is -0.110. The van der Waals surface area contributed by atoms with Crippen LogP contribution in [0.2, 0.25) is 0 Å². The van der Waals surface area contributed by atoms with Crippen molar-refractivity contribution in [2.45, 2.75) is 13.5 Å². The third-order valence-corrected chi connectivity index (χ3v) is 3.19. The Hall–Kier alpha value is -3.00. The van der Waals surface area contributed by atoms with Gasteiger partial charge in [-0.1, -0.05) is 17.6 Å². The molecule has 0 spiro atoms. The van der Waals surface area contributed by atoms with Crippen LogP contribution in [0.25, 0.3) is 0 Å². The van der Waals surface area contributed by atoms with E-state index in [-0.39, 0.29) is 12.3 Å². The Morgan fingerprint density at radius 2 is 2.17 bits per heavy atom. The number of hydrogen-bond acceptors (Lipinski definition) is 6. The second-order valence-corrected chi connectivity index (χ2v) is 4.89. The van der Waals surface area contributed by atoms with Crippen molar-refractivity contribution in [1.29, 1.82) is 0 Å². The quantitative estimate of drug-likeness (QED) is 0.320. The summed E-state index contributed by atoms with van der Waals surface area (Å²) in [4.78, 5) is 20.6.